The molecule has 126 valence electrons. The fraction of sp³-hybridized carbons (Fsp3) is 0.294. The molecule has 0 saturated carbocycles. The van der Waals surface area contributed by atoms with Crippen LogP contribution >= 0.6 is 0 Å². The van der Waals surface area contributed by atoms with Crippen molar-refractivity contribution in [3.05, 3.63) is 43.0 Å². The molecule has 4 aromatic heterocycles. The lowest BCUT2D eigenvalue weighted by molar-refractivity contribution is 0.120. The maximum atomic E-state index is 5.61. The summed E-state index contributed by atoms with van der Waals surface area (Å²) in [6.45, 7) is 1.58. The molecule has 1 fully saturated rings. The number of anilines is 1. The molecule has 0 aliphatic carbocycles. The smallest absolute Gasteiger partial charge is 0.241 e. The number of aromatic nitrogens is 6. The molecule has 1 atom stereocenters. The van der Waals surface area contributed by atoms with Crippen molar-refractivity contribution in [2.45, 2.75) is 18.9 Å². The molecule has 1 aliphatic heterocycles. The predicted molar refractivity (Wildman–Crippen MR) is 92.4 cm³/mol. The Morgan fingerprint density at radius 1 is 1.12 bits per heavy atom. The monoisotopic (exact) mass is 335 g/mol. The van der Waals surface area contributed by atoms with Crippen LogP contribution in [0.3, 0.4) is 0 Å². The van der Waals surface area contributed by atoms with Crippen LogP contribution in [0.5, 0.6) is 0 Å². The third-order valence-corrected chi connectivity index (χ3v) is 4.46. The van der Waals surface area contributed by atoms with Gasteiger partial charge in [-0.3, -0.25) is 0 Å². The molecule has 0 radical (unpaired) electrons. The summed E-state index contributed by atoms with van der Waals surface area (Å²) in [6, 6.07) is 5.91. The van der Waals surface area contributed by atoms with Gasteiger partial charge in [-0.25, -0.2) is 19.0 Å². The van der Waals surface area contributed by atoms with E-state index in [1.54, 1.807) is 10.7 Å². The van der Waals surface area contributed by atoms with Gasteiger partial charge in [0.1, 0.15) is 0 Å². The summed E-state index contributed by atoms with van der Waals surface area (Å²) in [5, 5.41) is 12.4. The Labute approximate surface area is 143 Å². The summed E-state index contributed by atoms with van der Waals surface area (Å²) < 4.78 is 9.19. The van der Waals surface area contributed by atoms with Crippen LogP contribution in [0.4, 0.5) is 5.95 Å². The van der Waals surface area contributed by atoms with E-state index in [-0.39, 0.29) is 6.10 Å². The van der Waals surface area contributed by atoms with Crippen molar-refractivity contribution >= 4 is 17.1 Å². The highest BCUT2D eigenvalue weighted by Crippen LogP contribution is 2.23. The fourth-order valence-electron chi connectivity index (χ4n) is 3.17. The van der Waals surface area contributed by atoms with Gasteiger partial charge >= 0.3 is 0 Å². The van der Waals surface area contributed by atoms with Gasteiger partial charge in [-0.15, -0.1) is 5.10 Å². The number of hydrogen-bond acceptors (Lipinski definition) is 6. The minimum Gasteiger partial charge on any atom is -0.376 e. The van der Waals surface area contributed by atoms with E-state index in [0.717, 1.165) is 48.4 Å². The molecular formula is C17H17N7O. The summed E-state index contributed by atoms with van der Waals surface area (Å²) in [6.07, 6.45) is 9.78. The van der Waals surface area contributed by atoms with Gasteiger partial charge in [-0.05, 0) is 31.0 Å². The first kappa shape index (κ1) is 14.4. The lowest BCUT2D eigenvalue weighted by atomic mass is 10.2. The van der Waals surface area contributed by atoms with E-state index in [0.29, 0.717) is 5.95 Å². The minimum absolute atomic E-state index is 0.255. The number of hydrogen-bond donors (Lipinski definition) is 1. The first-order valence-electron chi connectivity index (χ1n) is 8.37. The van der Waals surface area contributed by atoms with Crippen LogP contribution in [0.25, 0.3) is 22.4 Å². The molecule has 5 rings (SSSR count). The van der Waals surface area contributed by atoms with Crippen molar-refractivity contribution in [3.8, 4) is 11.3 Å². The number of nitrogens with one attached hydrogen (secondary N) is 1. The van der Waals surface area contributed by atoms with Crippen LogP contribution < -0.4 is 5.32 Å². The fourth-order valence-corrected chi connectivity index (χ4v) is 3.17. The van der Waals surface area contributed by atoms with Gasteiger partial charge in [-0.2, -0.15) is 5.10 Å². The van der Waals surface area contributed by atoms with Gasteiger partial charge in [-0.1, -0.05) is 0 Å². The second kappa shape index (κ2) is 5.82. The van der Waals surface area contributed by atoms with Crippen LogP contribution in [-0.2, 0) is 4.74 Å². The summed E-state index contributed by atoms with van der Waals surface area (Å²) in [7, 11) is 0. The zero-order valence-corrected chi connectivity index (χ0v) is 13.5. The average molecular weight is 335 g/mol. The second-order valence-corrected chi connectivity index (χ2v) is 6.11. The van der Waals surface area contributed by atoms with Crippen LogP contribution in [0, 0.1) is 0 Å². The van der Waals surface area contributed by atoms with Crippen LogP contribution in [0.2, 0.25) is 0 Å². The molecule has 8 heteroatoms. The largest absolute Gasteiger partial charge is 0.376 e. The number of fused-ring (bicyclic) bond motifs is 2. The highest BCUT2D eigenvalue weighted by atomic mass is 16.5. The molecule has 1 unspecified atom stereocenters. The molecule has 1 aliphatic rings. The molecule has 1 N–H and O–H groups in total. The first-order chi connectivity index (χ1) is 12.4. The summed E-state index contributed by atoms with van der Waals surface area (Å²) >= 11 is 0. The van der Waals surface area contributed by atoms with Gasteiger partial charge in [0.25, 0.3) is 0 Å². The van der Waals surface area contributed by atoms with Crippen molar-refractivity contribution in [1.82, 2.24) is 29.2 Å². The third kappa shape index (κ3) is 2.60. The summed E-state index contributed by atoms with van der Waals surface area (Å²) in [4.78, 5) is 8.65. The Hall–Kier alpha value is -3.00. The van der Waals surface area contributed by atoms with Crippen molar-refractivity contribution < 1.29 is 4.74 Å². The Morgan fingerprint density at radius 2 is 2.12 bits per heavy atom. The molecule has 25 heavy (non-hydrogen) atoms. The van der Waals surface area contributed by atoms with Gasteiger partial charge in [0.2, 0.25) is 5.95 Å². The second-order valence-electron chi connectivity index (χ2n) is 6.11. The highest BCUT2D eigenvalue weighted by Gasteiger charge is 2.16. The van der Waals surface area contributed by atoms with E-state index < -0.39 is 0 Å². The molecular weight excluding hydrogens is 318 g/mol. The zero-order valence-electron chi connectivity index (χ0n) is 13.5. The third-order valence-electron chi connectivity index (χ3n) is 4.46. The number of rotatable bonds is 4. The molecule has 0 spiro atoms. The van der Waals surface area contributed by atoms with E-state index in [9.17, 15) is 0 Å². The first-order valence-corrected chi connectivity index (χ1v) is 8.37. The van der Waals surface area contributed by atoms with Crippen LogP contribution in [0.1, 0.15) is 12.8 Å². The van der Waals surface area contributed by atoms with E-state index in [2.05, 4.69) is 25.5 Å². The highest BCUT2D eigenvalue weighted by molar-refractivity contribution is 5.78. The molecule has 5 heterocycles. The lowest BCUT2D eigenvalue weighted by Crippen LogP contribution is -2.20. The van der Waals surface area contributed by atoms with E-state index >= 15 is 0 Å². The topological polar surface area (TPSA) is 81.6 Å². The molecule has 0 amide bonds. The summed E-state index contributed by atoms with van der Waals surface area (Å²) in [5.41, 5.74) is 3.58. The number of ether oxygens (including phenoxy) is 1. The normalized spacial score (nSPS) is 17.5. The van der Waals surface area contributed by atoms with Crippen molar-refractivity contribution in [3.63, 3.8) is 0 Å². The molecule has 4 aromatic rings. The Balaban J connectivity index is 1.44. The maximum Gasteiger partial charge on any atom is 0.241 e. The number of imidazole rings is 1. The number of nitrogens with zero attached hydrogens (tertiary/aromatic N) is 6. The Bertz CT molecular complexity index is 1030. The van der Waals surface area contributed by atoms with Gasteiger partial charge in [0, 0.05) is 37.3 Å². The van der Waals surface area contributed by atoms with Gasteiger partial charge in [0.05, 0.1) is 23.5 Å². The predicted octanol–water partition coefficient (Wildman–Crippen LogP) is 2.03. The average Bonchev–Trinajstić information content (AvgIpc) is 3.38. The SMILES string of the molecule is c1cn2nc(-c3ccn4nc(NCC5CCCO5)ncc34)ccc2n1. The lowest BCUT2D eigenvalue weighted by Gasteiger charge is -2.10. The minimum atomic E-state index is 0.255. The molecule has 0 aromatic carbocycles. The standard InChI is InChI=1S/C17H17N7O/c1-2-12(25-9-1)10-19-17-20-11-15-13(5-7-23(15)22-17)14-3-4-16-18-6-8-24(16)21-14/h3-8,11-12H,1-2,9-10H2,(H,19,22). The van der Waals surface area contributed by atoms with Gasteiger partial charge in [0.15, 0.2) is 5.65 Å². The zero-order chi connectivity index (χ0) is 16.6. The van der Waals surface area contributed by atoms with E-state index in [4.69, 9.17) is 4.74 Å². The Morgan fingerprint density at radius 3 is 3.04 bits per heavy atom. The van der Waals surface area contributed by atoms with Crippen molar-refractivity contribution in [1.29, 1.82) is 0 Å². The van der Waals surface area contributed by atoms with Crippen molar-refractivity contribution in [2.24, 2.45) is 0 Å². The van der Waals surface area contributed by atoms with Crippen molar-refractivity contribution in [2.75, 3.05) is 18.5 Å². The summed E-state index contributed by atoms with van der Waals surface area (Å²) in [5.74, 6) is 0.600. The van der Waals surface area contributed by atoms with E-state index in [1.807, 2.05) is 41.3 Å². The van der Waals surface area contributed by atoms with Crippen LogP contribution in [0.15, 0.2) is 43.0 Å². The van der Waals surface area contributed by atoms with Gasteiger partial charge < -0.3 is 10.1 Å². The quantitative estimate of drug-likeness (QED) is 0.614. The Kier molecular flexibility index (Phi) is 3.34. The molecule has 0 bridgehead atoms. The molecule has 8 nitrogen and oxygen atoms in total. The molecule has 1 saturated heterocycles. The maximum absolute atomic E-state index is 5.61. The van der Waals surface area contributed by atoms with Crippen LogP contribution in [-0.4, -0.2) is 48.5 Å². The van der Waals surface area contributed by atoms with E-state index in [1.165, 1.54) is 0 Å².